The highest BCUT2D eigenvalue weighted by Crippen LogP contribution is 2.26. The first-order chi connectivity index (χ1) is 7.71. The minimum atomic E-state index is -1.09. The quantitative estimate of drug-likeness (QED) is 0.842. The number of rotatable bonds is 4. The highest BCUT2D eigenvalue weighted by atomic mass is 32.2. The molecule has 0 saturated heterocycles. The molecule has 1 heterocycles. The third-order valence-corrected chi connectivity index (χ3v) is 4.10. The lowest BCUT2D eigenvalue weighted by molar-refractivity contribution is 0.365. The van der Waals surface area contributed by atoms with Crippen LogP contribution >= 0.6 is 0 Å². The molecule has 0 aliphatic rings. The second-order valence-corrected chi connectivity index (χ2v) is 7.67. The van der Waals surface area contributed by atoms with Gasteiger partial charge >= 0.3 is 0 Å². The highest BCUT2D eigenvalue weighted by molar-refractivity contribution is 7.90. The topological polar surface area (TPSA) is 48.2 Å². The van der Waals surface area contributed by atoms with Crippen molar-refractivity contribution >= 4 is 11.4 Å². The van der Waals surface area contributed by atoms with Crippen molar-refractivity contribution in [2.75, 3.05) is 0 Å². The Hall–Kier alpha value is -0.450. The molecule has 0 saturated carbocycles. The summed E-state index contributed by atoms with van der Waals surface area (Å²) in [5, 5.41) is 0. The van der Waals surface area contributed by atoms with Gasteiger partial charge in [-0.3, -0.25) is 0 Å². The molecular formula is C13H23NO2S. The smallest absolute Gasteiger partial charge is 0.136 e. The van der Waals surface area contributed by atoms with E-state index in [-0.39, 0.29) is 10.8 Å². The molecule has 1 N–H and O–H groups in total. The Bertz CT molecular complexity index is 355. The van der Waals surface area contributed by atoms with E-state index in [0.29, 0.717) is 5.92 Å². The third-order valence-electron chi connectivity index (χ3n) is 2.52. The van der Waals surface area contributed by atoms with Gasteiger partial charge in [-0.1, -0.05) is 13.8 Å². The van der Waals surface area contributed by atoms with Gasteiger partial charge in [-0.2, -0.15) is 0 Å². The molecule has 0 fully saturated rings. The monoisotopic (exact) mass is 257 g/mol. The first-order valence-corrected chi connectivity index (χ1v) is 7.11. The lowest BCUT2D eigenvalue weighted by atomic mass is 10.0. The van der Waals surface area contributed by atoms with E-state index in [1.165, 1.54) is 0 Å². The molecule has 4 heteroatoms. The molecule has 17 heavy (non-hydrogen) atoms. The van der Waals surface area contributed by atoms with Crippen LogP contribution in [-0.4, -0.2) is 9.30 Å². The van der Waals surface area contributed by atoms with Crippen LogP contribution in [0.25, 0.3) is 0 Å². The predicted octanol–water partition coefficient (Wildman–Crippen LogP) is 3.34. The van der Waals surface area contributed by atoms with Crippen molar-refractivity contribution in [2.45, 2.75) is 52.3 Å². The molecule has 2 atom stereocenters. The molecule has 0 amide bonds. The zero-order valence-corrected chi connectivity index (χ0v) is 12.4. The number of aryl methyl sites for hydroxylation is 1. The van der Waals surface area contributed by atoms with E-state index in [0.717, 1.165) is 11.5 Å². The molecule has 98 valence electrons. The molecular weight excluding hydrogens is 234 g/mol. The molecule has 1 unspecified atom stereocenters. The Morgan fingerprint density at radius 3 is 2.24 bits per heavy atom. The molecule has 1 aromatic heterocycles. The van der Waals surface area contributed by atoms with Gasteiger partial charge in [0.2, 0.25) is 0 Å². The minimum Gasteiger partial charge on any atom is -0.598 e. The molecule has 1 aromatic rings. The summed E-state index contributed by atoms with van der Waals surface area (Å²) in [5.41, 5.74) is 0. The SMILES string of the molecule is Cc1ccc([C@H](N[S+]([O-])C(C)(C)C)C(C)C)o1. The highest BCUT2D eigenvalue weighted by Gasteiger charge is 2.32. The summed E-state index contributed by atoms with van der Waals surface area (Å²) in [7, 11) is 0. The molecule has 0 aliphatic heterocycles. The summed E-state index contributed by atoms with van der Waals surface area (Å²) in [5.74, 6) is 2.07. The Morgan fingerprint density at radius 1 is 1.29 bits per heavy atom. The summed E-state index contributed by atoms with van der Waals surface area (Å²) >= 11 is -1.09. The summed E-state index contributed by atoms with van der Waals surface area (Å²) < 4.78 is 20.6. The fourth-order valence-corrected chi connectivity index (χ4v) is 2.41. The van der Waals surface area contributed by atoms with Crippen LogP contribution in [0.3, 0.4) is 0 Å². The van der Waals surface area contributed by atoms with Crippen molar-refractivity contribution in [2.24, 2.45) is 5.92 Å². The van der Waals surface area contributed by atoms with Crippen LogP contribution < -0.4 is 4.72 Å². The molecule has 1 rings (SSSR count). The summed E-state index contributed by atoms with van der Waals surface area (Å²) in [6.07, 6.45) is 0. The van der Waals surface area contributed by atoms with Crippen LogP contribution in [0.15, 0.2) is 16.5 Å². The summed E-state index contributed by atoms with van der Waals surface area (Å²) in [6.45, 7) is 12.0. The van der Waals surface area contributed by atoms with Gasteiger partial charge in [0.1, 0.15) is 22.3 Å². The lowest BCUT2D eigenvalue weighted by Gasteiger charge is -2.28. The predicted molar refractivity (Wildman–Crippen MR) is 72.1 cm³/mol. The molecule has 0 bridgehead atoms. The van der Waals surface area contributed by atoms with Crippen molar-refractivity contribution in [3.8, 4) is 0 Å². The Labute approximate surface area is 107 Å². The molecule has 0 aromatic carbocycles. The first-order valence-electron chi connectivity index (χ1n) is 5.96. The van der Waals surface area contributed by atoms with Gasteiger partial charge in [-0.25, -0.2) is 0 Å². The average Bonchev–Trinajstić information content (AvgIpc) is 2.58. The maximum absolute atomic E-state index is 12.1. The maximum Gasteiger partial charge on any atom is 0.136 e. The van der Waals surface area contributed by atoms with E-state index in [1.54, 1.807) is 0 Å². The second kappa shape index (κ2) is 5.46. The van der Waals surface area contributed by atoms with Crippen LogP contribution in [0.5, 0.6) is 0 Å². The zero-order chi connectivity index (χ0) is 13.2. The third kappa shape index (κ3) is 4.05. The van der Waals surface area contributed by atoms with E-state index in [1.807, 2.05) is 39.8 Å². The number of furan rings is 1. The van der Waals surface area contributed by atoms with Gasteiger partial charge in [0, 0.05) is 11.4 Å². The summed E-state index contributed by atoms with van der Waals surface area (Å²) in [4.78, 5) is 0. The average molecular weight is 257 g/mol. The number of nitrogens with one attached hydrogen (secondary N) is 1. The van der Waals surface area contributed by atoms with E-state index in [4.69, 9.17) is 4.42 Å². The van der Waals surface area contributed by atoms with Gasteiger partial charge in [0.05, 0.1) is 0 Å². The van der Waals surface area contributed by atoms with Crippen LogP contribution in [-0.2, 0) is 11.4 Å². The Balaban J connectivity index is 2.81. The summed E-state index contributed by atoms with van der Waals surface area (Å²) in [6, 6.07) is 3.88. The fourth-order valence-electron chi connectivity index (χ4n) is 1.44. The largest absolute Gasteiger partial charge is 0.598 e. The van der Waals surface area contributed by atoms with Crippen molar-refractivity contribution in [3.63, 3.8) is 0 Å². The van der Waals surface area contributed by atoms with Gasteiger partial charge in [0.25, 0.3) is 0 Å². The number of hydrogen-bond acceptors (Lipinski definition) is 3. The van der Waals surface area contributed by atoms with Gasteiger partial charge in [0.15, 0.2) is 0 Å². The normalized spacial score (nSPS) is 16.2. The Kier molecular flexibility index (Phi) is 4.69. The molecule has 0 aliphatic carbocycles. The van der Waals surface area contributed by atoms with E-state index in [2.05, 4.69) is 18.6 Å². The maximum atomic E-state index is 12.1. The van der Waals surface area contributed by atoms with E-state index in [9.17, 15) is 4.55 Å². The van der Waals surface area contributed by atoms with Crippen LogP contribution in [0.1, 0.15) is 52.2 Å². The second-order valence-electron chi connectivity index (χ2n) is 5.67. The van der Waals surface area contributed by atoms with Crippen molar-refractivity contribution < 1.29 is 8.97 Å². The number of hydrogen-bond donors (Lipinski definition) is 1. The van der Waals surface area contributed by atoms with E-state index >= 15 is 0 Å². The van der Waals surface area contributed by atoms with Crippen molar-refractivity contribution in [1.82, 2.24) is 4.72 Å². The molecule has 0 radical (unpaired) electrons. The van der Waals surface area contributed by atoms with Crippen LogP contribution in [0, 0.1) is 12.8 Å². The van der Waals surface area contributed by atoms with Crippen LogP contribution in [0.2, 0.25) is 0 Å². The van der Waals surface area contributed by atoms with Gasteiger partial charge in [-0.05, 0) is 45.7 Å². The first kappa shape index (κ1) is 14.6. The standard InChI is InChI=1S/C13H23NO2S/c1-9(2)12(11-8-7-10(3)16-11)14-17(15)13(4,5)6/h7-9,12,14H,1-6H3/t12-,17?/m1/s1. The minimum absolute atomic E-state index is 0.0104. The lowest BCUT2D eigenvalue weighted by Crippen LogP contribution is -2.42. The fraction of sp³-hybridized carbons (Fsp3) is 0.692. The molecule has 0 spiro atoms. The Morgan fingerprint density at radius 2 is 1.88 bits per heavy atom. The van der Waals surface area contributed by atoms with Crippen molar-refractivity contribution in [1.29, 1.82) is 0 Å². The zero-order valence-electron chi connectivity index (χ0n) is 11.5. The van der Waals surface area contributed by atoms with Crippen molar-refractivity contribution in [3.05, 3.63) is 23.7 Å². The van der Waals surface area contributed by atoms with E-state index < -0.39 is 11.4 Å². The molecule has 3 nitrogen and oxygen atoms in total. The van der Waals surface area contributed by atoms with Gasteiger partial charge < -0.3 is 8.97 Å². The van der Waals surface area contributed by atoms with Crippen LogP contribution in [0.4, 0.5) is 0 Å². The van der Waals surface area contributed by atoms with Gasteiger partial charge in [-0.15, -0.1) is 4.72 Å².